The molecule has 2 aromatic rings. The van der Waals surface area contributed by atoms with E-state index >= 15 is 0 Å². The lowest BCUT2D eigenvalue weighted by atomic mass is 10.0. The molecule has 1 aromatic heterocycles. The summed E-state index contributed by atoms with van der Waals surface area (Å²) in [5.41, 5.74) is 7.71. The van der Waals surface area contributed by atoms with Gasteiger partial charge in [-0.2, -0.15) is 0 Å². The van der Waals surface area contributed by atoms with E-state index in [4.69, 9.17) is 14.9 Å². The van der Waals surface area contributed by atoms with Crippen LogP contribution >= 0.6 is 15.9 Å². The van der Waals surface area contributed by atoms with Crippen LogP contribution < -0.4 is 10.5 Å². The number of ether oxygens (including phenoxy) is 1. The SMILES string of the molecule is CC(C)c1cc(Br)ccc1OCc1cc(CN)co1. The molecule has 0 aliphatic carbocycles. The Morgan fingerprint density at radius 1 is 1.32 bits per heavy atom. The summed E-state index contributed by atoms with van der Waals surface area (Å²) in [7, 11) is 0. The van der Waals surface area contributed by atoms with Gasteiger partial charge in [-0.1, -0.05) is 29.8 Å². The van der Waals surface area contributed by atoms with Crippen LogP contribution in [0.3, 0.4) is 0 Å². The van der Waals surface area contributed by atoms with Crippen LogP contribution in [0.4, 0.5) is 0 Å². The van der Waals surface area contributed by atoms with Gasteiger partial charge in [0.1, 0.15) is 18.1 Å². The van der Waals surface area contributed by atoms with E-state index in [9.17, 15) is 0 Å². The van der Waals surface area contributed by atoms with E-state index in [-0.39, 0.29) is 0 Å². The second kappa shape index (κ2) is 6.26. The van der Waals surface area contributed by atoms with Crippen molar-refractivity contribution in [2.75, 3.05) is 0 Å². The molecule has 0 bridgehead atoms. The highest BCUT2D eigenvalue weighted by molar-refractivity contribution is 9.10. The van der Waals surface area contributed by atoms with Crippen molar-refractivity contribution in [3.05, 3.63) is 51.9 Å². The lowest BCUT2D eigenvalue weighted by Gasteiger charge is -2.13. The average molecular weight is 324 g/mol. The summed E-state index contributed by atoms with van der Waals surface area (Å²) in [6.45, 7) is 5.20. The summed E-state index contributed by atoms with van der Waals surface area (Å²) < 4.78 is 12.3. The standard InChI is InChI=1S/C15H18BrNO2/c1-10(2)14-6-12(16)3-4-15(14)19-9-13-5-11(7-17)8-18-13/h3-6,8,10H,7,9,17H2,1-2H3. The molecule has 19 heavy (non-hydrogen) atoms. The maximum Gasteiger partial charge on any atom is 0.146 e. The van der Waals surface area contributed by atoms with E-state index in [1.54, 1.807) is 6.26 Å². The van der Waals surface area contributed by atoms with Crippen LogP contribution in [0.15, 0.2) is 39.4 Å². The molecule has 102 valence electrons. The minimum absolute atomic E-state index is 0.406. The van der Waals surface area contributed by atoms with Crippen molar-refractivity contribution >= 4 is 15.9 Å². The summed E-state index contributed by atoms with van der Waals surface area (Å²) in [5.74, 6) is 2.09. The van der Waals surface area contributed by atoms with Crippen LogP contribution in [0.5, 0.6) is 5.75 Å². The van der Waals surface area contributed by atoms with Gasteiger partial charge in [0.05, 0.1) is 6.26 Å². The molecule has 0 aliphatic heterocycles. The molecule has 0 unspecified atom stereocenters. The highest BCUT2D eigenvalue weighted by Gasteiger charge is 2.10. The maximum absolute atomic E-state index is 5.84. The fourth-order valence-corrected chi connectivity index (χ4v) is 2.24. The molecule has 0 spiro atoms. The smallest absolute Gasteiger partial charge is 0.146 e. The Morgan fingerprint density at radius 2 is 2.11 bits per heavy atom. The lowest BCUT2D eigenvalue weighted by Crippen LogP contribution is -1.99. The summed E-state index contributed by atoms with van der Waals surface area (Å²) in [4.78, 5) is 0. The Balaban J connectivity index is 2.10. The highest BCUT2D eigenvalue weighted by atomic mass is 79.9. The third-order valence-corrected chi connectivity index (χ3v) is 3.40. The Bertz CT molecular complexity index is 549. The number of halogens is 1. The normalized spacial score (nSPS) is 11.0. The number of rotatable bonds is 5. The molecule has 0 aliphatic rings. The van der Waals surface area contributed by atoms with Crippen molar-refractivity contribution < 1.29 is 9.15 Å². The summed E-state index contributed by atoms with van der Waals surface area (Å²) in [6.07, 6.45) is 1.67. The minimum atomic E-state index is 0.406. The van der Waals surface area contributed by atoms with Crippen molar-refractivity contribution in [1.29, 1.82) is 0 Å². The van der Waals surface area contributed by atoms with Gasteiger partial charge in [-0.05, 0) is 35.7 Å². The molecule has 2 N–H and O–H groups in total. The highest BCUT2D eigenvalue weighted by Crippen LogP contribution is 2.30. The van der Waals surface area contributed by atoms with Crippen LogP contribution in [0.1, 0.15) is 36.7 Å². The maximum atomic E-state index is 5.84. The third-order valence-electron chi connectivity index (χ3n) is 2.91. The summed E-state index contributed by atoms with van der Waals surface area (Å²) in [5, 5.41) is 0. The van der Waals surface area contributed by atoms with E-state index in [1.807, 2.05) is 18.2 Å². The Morgan fingerprint density at radius 3 is 2.74 bits per heavy atom. The Hall–Kier alpha value is -1.26. The summed E-state index contributed by atoms with van der Waals surface area (Å²) >= 11 is 3.49. The average Bonchev–Trinajstić information content (AvgIpc) is 2.85. The van der Waals surface area contributed by atoms with Gasteiger partial charge in [0.2, 0.25) is 0 Å². The molecule has 1 aromatic carbocycles. The first kappa shape index (κ1) is 14.2. The predicted molar refractivity (Wildman–Crippen MR) is 79.2 cm³/mol. The van der Waals surface area contributed by atoms with E-state index in [1.165, 1.54) is 5.56 Å². The van der Waals surface area contributed by atoms with Crippen molar-refractivity contribution in [1.82, 2.24) is 0 Å². The molecule has 0 atom stereocenters. The third kappa shape index (κ3) is 3.61. The van der Waals surface area contributed by atoms with Crippen molar-refractivity contribution in [3.63, 3.8) is 0 Å². The van der Waals surface area contributed by atoms with Crippen molar-refractivity contribution in [3.8, 4) is 5.75 Å². The van der Waals surface area contributed by atoms with E-state index < -0.39 is 0 Å². The van der Waals surface area contributed by atoms with E-state index in [0.717, 1.165) is 21.5 Å². The minimum Gasteiger partial charge on any atom is -0.485 e. The van der Waals surface area contributed by atoms with Crippen molar-refractivity contribution in [2.45, 2.75) is 32.9 Å². The topological polar surface area (TPSA) is 48.4 Å². The second-order valence-corrected chi connectivity index (χ2v) is 5.67. The van der Waals surface area contributed by atoms with Crippen LogP contribution in [0.2, 0.25) is 0 Å². The monoisotopic (exact) mass is 323 g/mol. The van der Waals surface area contributed by atoms with E-state index in [0.29, 0.717) is 19.1 Å². The van der Waals surface area contributed by atoms with Gasteiger partial charge in [0, 0.05) is 16.6 Å². The van der Waals surface area contributed by atoms with Gasteiger partial charge in [-0.15, -0.1) is 0 Å². The molecule has 1 heterocycles. The van der Waals surface area contributed by atoms with Gasteiger partial charge >= 0.3 is 0 Å². The predicted octanol–water partition coefficient (Wildman–Crippen LogP) is 4.20. The summed E-state index contributed by atoms with van der Waals surface area (Å²) in [6, 6.07) is 7.97. The largest absolute Gasteiger partial charge is 0.485 e. The first-order chi connectivity index (χ1) is 9.10. The van der Waals surface area contributed by atoms with Crippen LogP contribution in [0.25, 0.3) is 0 Å². The zero-order chi connectivity index (χ0) is 13.8. The molecule has 4 heteroatoms. The van der Waals surface area contributed by atoms with E-state index in [2.05, 4.69) is 35.8 Å². The number of nitrogens with two attached hydrogens (primary N) is 1. The lowest BCUT2D eigenvalue weighted by molar-refractivity contribution is 0.267. The van der Waals surface area contributed by atoms with Gasteiger partial charge < -0.3 is 14.9 Å². The van der Waals surface area contributed by atoms with Gasteiger partial charge in [-0.3, -0.25) is 0 Å². The number of hydrogen-bond acceptors (Lipinski definition) is 3. The number of benzene rings is 1. The zero-order valence-corrected chi connectivity index (χ0v) is 12.7. The number of hydrogen-bond donors (Lipinski definition) is 1. The molecule has 0 amide bonds. The molecule has 2 rings (SSSR count). The molecular weight excluding hydrogens is 306 g/mol. The quantitative estimate of drug-likeness (QED) is 0.896. The fraction of sp³-hybridized carbons (Fsp3) is 0.333. The molecule has 0 fully saturated rings. The molecule has 3 nitrogen and oxygen atoms in total. The molecule has 0 radical (unpaired) electrons. The van der Waals surface area contributed by atoms with Gasteiger partial charge in [0.15, 0.2) is 0 Å². The van der Waals surface area contributed by atoms with Gasteiger partial charge in [-0.25, -0.2) is 0 Å². The molecular formula is C15H18BrNO2. The van der Waals surface area contributed by atoms with Crippen LogP contribution in [-0.4, -0.2) is 0 Å². The Kier molecular flexibility index (Phi) is 4.66. The van der Waals surface area contributed by atoms with Gasteiger partial charge in [0.25, 0.3) is 0 Å². The fourth-order valence-electron chi connectivity index (χ4n) is 1.86. The Labute approximate surface area is 121 Å². The molecule has 0 saturated heterocycles. The second-order valence-electron chi connectivity index (χ2n) is 4.75. The number of furan rings is 1. The van der Waals surface area contributed by atoms with Crippen molar-refractivity contribution in [2.24, 2.45) is 5.73 Å². The first-order valence-electron chi connectivity index (χ1n) is 6.28. The molecule has 0 saturated carbocycles. The van der Waals surface area contributed by atoms with Crippen LogP contribution in [-0.2, 0) is 13.2 Å². The van der Waals surface area contributed by atoms with Crippen LogP contribution in [0, 0.1) is 0 Å². The zero-order valence-electron chi connectivity index (χ0n) is 11.2. The first-order valence-corrected chi connectivity index (χ1v) is 7.08.